The van der Waals surface area contributed by atoms with E-state index >= 15 is 0 Å². The molecule has 94 valence electrons. The van der Waals surface area contributed by atoms with E-state index in [2.05, 4.69) is 15.0 Å². The molecule has 3 aromatic rings. The predicted octanol–water partition coefficient (Wildman–Crippen LogP) is 2.46. The van der Waals surface area contributed by atoms with Gasteiger partial charge in [-0.2, -0.15) is 0 Å². The first-order valence-corrected chi connectivity index (χ1v) is 6.12. The number of para-hydroxylation sites is 2. The molecule has 0 fully saturated rings. The average Bonchev–Trinajstić information content (AvgIpc) is 2.51. The molecule has 2 aromatic heterocycles. The molecule has 2 heterocycles. The number of hydrogen-bond acceptors (Lipinski definition) is 4. The van der Waals surface area contributed by atoms with Crippen molar-refractivity contribution in [2.45, 2.75) is 20.8 Å². The zero-order chi connectivity index (χ0) is 13.6. The topological polar surface area (TPSA) is 55.7 Å². The molecule has 0 atom stereocenters. The van der Waals surface area contributed by atoms with Crippen molar-refractivity contribution in [2.24, 2.45) is 0 Å². The van der Waals surface area contributed by atoms with Gasteiger partial charge in [0.15, 0.2) is 5.65 Å². The van der Waals surface area contributed by atoms with Gasteiger partial charge in [-0.1, -0.05) is 12.1 Å². The van der Waals surface area contributed by atoms with Crippen LogP contribution in [-0.2, 0) is 0 Å². The van der Waals surface area contributed by atoms with Crippen LogP contribution in [0.5, 0.6) is 0 Å². The van der Waals surface area contributed by atoms with E-state index in [-0.39, 0.29) is 5.56 Å². The molecule has 0 N–H and O–H groups in total. The van der Waals surface area contributed by atoms with E-state index in [4.69, 9.17) is 0 Å². The Morgan fingerprint density at radius 3 is 2.16 bits per heavy atom. The number of benzene rings is 1. The fraction of sp³-hybridized carbons (Fsp3) is 0.200. The smallest absolute Gasteiger partial charge is 0.267 e. The molecule has 4 heteroatoms. The maximum atomic E-state index is 12.3. The molecule has 19 heavy (non-hydrogen) atoms. The van der Waals surface area contributed by atoms with Gasteiger partial charge >= 0.3 is 0 Å². The lowest BCUT2D eigenvalue weighted by Crippen LogP contribution is -2.06. The molecule has 0 spiro atoms. The Balaban J connectivity index is 2.66. The minimum absolute atomic E-state index is 0.267. The van der Waals surface area contributed by atoms with E-state index in [1.165, 1.54) is 0 Å². The number of rotatable bonds is 0. The van der Waals surface area contributed by atoms with Gasteiger partial charge in [-0.15, -0.1) is 0 Å². The summed E-state index contributed by atoms with van der Waals surface area (Å²) in [6, 6.07) is 7.35. The van der Waals surface area contributed by atoms with Gasteiger partial charge in [0.05, 0.1) is 16.4 Å². The van der Waals surface area contributed by atoms with E-state index in [9.17, 15) is 4.79 Å². The Morgan fingerprint density at radius 1 is 0.842 bits per heavy atom. The van der Waals surface area contributed by atoms with E-state index in [0.29, 0.717) is 22.1 Å². The summed E-state index contributed by atoms with van der Waals surface area (Å²) in [6.07, 6.45) is 0. The first-order chi connectivity index (χ1) is 9.08. The Bertz CT molecular complexity index is 872. The van der Waals surface area contributed by atoms with Crippen LogP contribution < -0.4 is 5.56 Å². The zero-order valence-corrected chi connectivity index (χ0v) is 11.1. The second-order valence-electron chi connectivity index (χ2n) is 4.66. The van der Waals surface area contributed by atoms with Gasteiger partial charge in [0.25, 0.3) is 5.56 Å². The summed E-state index contributed by atoms with van der Waals surface area (Å²) in [5, 5.41) is 0.513. The number of nitrogens with zero attached hydrogens (tertiary/aromatic N) is 3. The van der Waals surface area contributed by atoms with Crippen molar-refractivity contribution >= 4 is 22.1 Å². The highest BCUT2D eigenvalue weighted by Gasteiger charge is 2.10. The van der Waals surface area contributed by atoms with Gasteiger partial charge in [-0.3, -0.25) is 4.79 Å². The molecule has 0 radical (unpaired) electrons. The number of fused-ring (bicyclic) bond motifs is 2. The lowest BCUT2D eigenvalue weighted by atomic mass is 10.1. The summed E-state index contributed by atoms with van der Waals surface area (Å²) in [5.41, 5.74) is 4.31. The van der Waals surface area contributed by atoms with Crippen molar-refractivity contribution in [3.63, 3.8) is 0 Å². The summed E-state index contributed by atoms with van der Waals surface area (Å²) in [4.78, 5) is 25.4. The molecular weight excluding hydrogens is 238 g/mol. The SMILES string of the molecule is Cc1nc2nc3ccccc3nc(=O)c2c(C)c1C. The third-order valence-corrected chi connectivity index (χ3v) is 3.52. The van der Waals surface area contributed by atoms with Crippen molar-refractivity contribution in [1.82, 2.24) is 15.0 Å². The van der Waals surface area contributed by atoms with E-state index in [1.807, 2.05) is 39.0 Å². The highest BCUT2D eigenvalue weighted by Crippen LogP contribution is 2.18. The molecule has 0 aliphatic rings. The van der Waals surface area contributed by atoms with Crippen molar-refractivity contribution in [1.29, 1.82) is 0 Å². The minimum Gasteiger partial charge on any atom is -0.267 e. The fourth-order valence-electron chi connectivity index (χ4n) is 2.19. The Hall–Kier alpha value is -2.36. The van der Waals surface area contributed by atoms with Crippen LogP contribution in [0.25, 0.3) is 22.1 Å². The molecule has 0 aliphatic carbocycles. The van der Waals surface area contributed by atoms with Crippen LogP contribution in [0.1, 0.15) is 16.8 Å². The van der Waals surface area contributed by atoms with Crippen LogP contribution in [0.4, 0.5) is 0 Å². The zero-order valence-electron chi connectivity index (χ0n) is 11.1. The van der Waals surface area contributed by atoms with Crippen molar-refractivity contribution < 1.29 is 0 Å². The summed E-state index contributed by atoms with van der Waals surface area (Å²) in [6.45, 7) is 5.81. The van der Waals surface area contributed by atoms with Crippen LogP contribution in [0.15, 0.2) is 29.1 Å². The molecule has 0 amide bonds. The number of aryl methyl sites for hydroxylation is 2. The third kappa shape index (κ3) is 1.76. The van der Waals surface area contributed by atoms with E-state index < -0.39 is 0 Å². The lowest BCUT2D eigenvalue weighted by molar-refractivity contribution is 1.14. The van der Waals surface area contributed by atoms with Gasteiger partial charge in [0.2, 0.25) is 0 Å². The molecule has 1 aromatic carbocycles. The van der Waals surface area contributed by atoms with E-state index in [1.54, 1.807) is 6.07 Å². The van der Waals surface area contributed by atoms with Crippen LogP contribution >= 0.6 is 0 Å². The summed E-state index contributed by atoms with van der Waals surface area (Å²) >= 11 is 0. The molecule has 0 saturated carbocycles. The van der Waals surface area contributed by atoms with Gasteiger partial charge in [0, 0.05) is 5.69 Å². The predicted molar refractivity (Wildman–Crippen MR) is 75.3 cm³/mol. The van der Waals surface area contributed by atoms with E-state index in [0.717, 1.165) is 16.8 Å². The van der Waals surface area contributed by atoms with Gasteiger partial charge < -0.3 is 0 Å². The highest BCUT2D eigenvalue weighted by molar-refractivity contribution is 5.84. The molecule has 0 saturated heterocycles. The van der Waals surface area contributed by atoms with Crippen LogP contribution in [0.3, 0.4) is 0 Å². The Morgan fingerprint density at radius 2 is 1.47 bits per heavy atom. The van der Waals surface area contributed by atoms with Crippen LogP contribution in [0.2, 0.25) is 0 Å². The largest absolute Gasteiger partial charge is 0.281 e. The second-order valence-corrected chi connectivity index (χ2v) is 4.66. The monoisotopic (exact) mass is 251 g/mol. The van der Waals surface area contributed by atoms with Crippen molar-refractivity contribution in [3.8, 4) is 0 Å². The standard InChI is InChI=1S/C15H13N3O/c1-8-9(2)13-14(16-10(8)3)17-11-6-4-5-7-12(11)18-15(13)19/h4-7H,1-3H3. The molecular formula is C15H13N3O. The molecule has 0 aliphatic heterocycles. The number of aromatic nitrogens is 3. The first-order valence-electron chi connectivity index (χ1n) is 6.12. The Labute approximate surface area is 110 Å². The van der Waals surface area contributed by atoms with Crippen LogP contribution in [-0.4, -0.2) is 15.0 Å². The second kappa shape index (κ2) is 4.09. The molecule has 0 bridgehead atoms. The summed E-state index contributed by atoms with van der Waals surface area (Å²) < 4.78 is 0. The van der Waals surface area contributed by atoms with Gasteiger partial charge in [-0.25, -0.2) is 15.0 Å². The number of hydrogen-bond donors (Lipinski definition) is 0. The lowest BCUT2D eigenvalue weighted by Gasteiger charge is -2.04. The highest BCUT2D eigenvalue weighted by atomic mass is 16.1. The Kier molecular flexibility index (Phi) is 2.52. The molecule has 4 nitrogen and oxygen atoms in total. The molecule has 3 rings (SSSR count). The van der Waals surface area contributed by atoms with Crippen LogP contribution in [0, 0.1) is 20.8 Å². The summed E-state index contributed by atoms with van der Waals surface area (Å²) in [5.74, 6) is 0. The minimum atomic E-state index is -0.267. The van der Waals surface area contributed by atoms with Gasteiger partial charge in [-0.05, 0) is 44.0 Å². The number of pyridine rings is 1. The maximum absolute atomic E-state index is 12.3. The normalized spacial score (nSPS) is 11.1. The van der Waals surface area contributed by atoms with Crippen molar-refractivity contribution in [2.75, 3.05) is 0 Å². The van der Waals surface area contributed by atoms with Gasteiger partial charge in [0.1, 0.15) is 0 Å². The van der Waals surface area contributed by atoms with Crippen molar-refractivity contribution in [3.05, 3.63) is 51.4 Å². The maximum Gasteiger partial charge on any atom is 0.281 e. The average molecular weight is 251 g/mol. The fourth-order valence-corrected chi connectivity index (χ4v) is 2.19. The summed E-state index contributed by atoms with van der Waals surface area (Å²) in [7, 11) is 0. The molecule has 0 unspecified atom stereocenters. The quantitative estimate of drug-likeness (QED) is 0.616. The first kappa shape index (κ1) is 11.7. The third-order valence-electron chi connectivity index (χ3n) is 3.52.